The maximum absolute atomic E-state index is 12.7. The van der Waals surface area contributed by atoms with Crippen molar-refractivity contribution < 1.29 is 14.6 Å². The molecule has 0 aliphatic heterocycles. The molecule has 29 heavy (non-hydrogen) atoms. The van der Waals surface area contributed by atoms with E-state index in [0.717, 1.165) is 0 Å². The first-order valence-corrected chi connectivity index (χ1v) is 9.20. The van der Waals surface area contributed by atoms with E-state index in [2.05, 4.69) is 15.1 Å². The molecule has 0 aliphatic carbocycles. The highest BCUT2D eigenvalue weighted by atomic mass is 16.5. The molecule has 8 nitrogen and oxygen atoms in total. The van der Waals surface area contributed by atoms with Crippen LogP contribution >= 0.6 is 0 Å². The van der Waals surface area contributed by atoms with E-state index >= 15 is 0 Å². The zero-order chi connectivity index (χ0) is 20.4. The number of rotatable bonds is 6. The van der Waals surface area contributed by atoms with E-state index < -0.39 is 11.5 Å². The first-order chi connectivity index (χ1) is 14.1. The van der Waals surface area contributed by atoms with Crippen LogP contribution in [0.15, 0.2) is 53.3 Å². The summed E-state index contributed by atoms with van der Waals surface area (Å²) in [5.74, 6) is 0.189. The standard InChI is InChI=1S/C21H18N4O4/c1-2-29-14-9-7-13(8-10-14)19-21(28)23-20-15-5-3-4-6-16(15)22-17(25(20)24-19)11-12-18(26)27/h3-10H,2,11-12H2,1H3,(H,26,27). The summed E-state index contributed by atoms with van der Waals surface area (Å²) in [7, 11) is 0. The van der Waals surface area contributed by atoms with Gasteiger partial charge in [0.25, 0.3) is 5.56 Å². The predicted octanol–water partition coefficient (Wildman–Crippen LogP) is 2.72. The van der Waals surface area contributed by atoms with E-state index in [-0.39, 0.29) is 18.5 Å². The molecule has 0 radical (unpaired) electrons. The number of hydrogen-bond donors (Lipinski definition) is 1. The topological polar surface area (TPSA) is 107 Å². The lowest BCUT2D eigenvalue weighted by atomic mass is 10.1. The molecular formula is C21H18N4O4. The lowest BCUT2D eigenvalue weighted by molar-refractivity contribution is -0.137. The Bertz CT molecular complexity index is 1270. The first-order valence-electron chi connectivity index (χ1n) is 9.20. The molecule has 0 atom stereocenters. The summed E-state index contributed by atoms with van der Waals surface area (Å²) in [4.78, 5) is 32.6. The molecule has 8 heteroatoms. The van der Waals surface area contributed by atoms with Crippen molar-refractivity contribution in [1.29, 1.82) is 0 Å². The van der Waals surface area contributed by atoms with Crippen LogP contribution in [0.1, 0.15) is 19.2 Å². The molecule has 2 aromatic heterocycles. The van der Waals surface area contributed by atoms with E-state index in [1.165, 1.54) is 4.52 Å². The fourth-order valence-corrected chi connectivity index (χ4v) is 3.12. The number of ether oxygens (including phenoxy) is 1. The van der Waals surface area contributed by atoms with Crippen LogP contribution in [0.5, 0.6) is 5.75 Å². The third-order valence-corrected chi connectivity index (χ3v) is 4.45. The summed E-state index contributed by atoms with van der Waals surface area (Å²) in [5.41, 5.74) is 1.29. The Morgan fingerprint density at radius 1 is 1.10 bits per heavy atom. The molecular weight excluding hydrogens is 372 g/mol. The summed E-state index contributed by atoms with van der Waals surface area (Å²) >= 11 is 0. The lowest BCUT2D eigenvalue weighted by Gasteiger charge is -2.11. The van der Waals surface area contributed by atoms with Crippen LogP contribution < -0.4 is 10.3 Å². The summed E-state index contributed by atoms with van der Waals surface area (Å²) in [5, 5.41) is 14.2. The minimum absolute atomic E-state index is 0.105. The molecule has 0 bridgehead atoms. The molecule has 0 unspecified atom stereocenters. The fourth-order valence-electron chi connectivity index (χ4n) is 3.12. The Morgan fingerprint density at radius 3 is 2.59 bits per heavy atom. The van der Waals surface area contributed by atoms with Crippen LogP contribution in [-0.4, -0.2) is 37.3 Å². The van der Waals surface area contributed by atoms with Crippen molar-refractivity contribution in [3.63, 3.8) is 0 Å². The highest BCUT2D eigenvalue weighted by molar-refractivity contribution is 5.91. The Hall–Kier alpha value is -3.81. The van der Waals surface area contributed by atoms with Gasteiger partial charge in [0.1, 0.15) is 11.6 Å². The number of aryl methyl sites for hydroxylation is 1. The van der Waals surface area contributed by atoms with Crippen molar-refractivity contribution in [3.05, 3.63) is 64.7 Å². The van der Waals surface area contributed by atoms with Gasteiger partial charge >= 0.3 is 5.97 Å². The van der Waals surface area contributed by atoms with Gasteiger partial charge in [-0.15, -0.1) is 0 Å². The second-order valence-electron chi connectivity index (χ2n) is 6.40. The minimum Gasteiger partial charge on any atom is -0.494 e. The van der Waals surface area contributed by atoms with Gasteiger partial charge in [0.2, 0.25) is 0 Å². The Balaban J connectivity index is 1.92. The maximum Gasteiger partial charge on any atom is 0.303 e. The number of aromatic nitrogens is 4. The summed E-state index contributed by atoms with van der Waals surface area (Å²) in [6.45, 7) is 2.44. The van der Waals surface area contributed by atoms with E-state index in [0.29, 0.717) is 40.3 Å². The second kappa shape index (κ2) is 7.67. The van der Waals surface area contributed by atoms with Crippen molar-refractivity contribution >= 4 is 22.5 Å². The Kier molecular flexibility index (Phi) is 4.90. The molecule has 146 valence electrons. The molecule has 2 heterocycles. The third kappa shape index (κ3) is 3.64. The third-order valence-electron chi connectivity index (χ3n) is 4.45. The molecule has 0 spiro atoms. The van der Waals surface area contributed by atoms with Gasteiger partial charge in [-0.3, -0.25) is 9.59 Å². The molecule has 0 saturated heterocycles. The molecule has 0 fully saturated rings. The van der Waals surface area contributed by atoms with Crippen LogP contribution in [0.25, 0.3) is 27.8 Å². The molecule has 1 N–H and O–H groups in total. The van der Waals surface area contributed by atoms with Gasteiger partial charge in [0.15, 0.2) is 11.3 Å². The Labute approximate surface area is 165 Å². The number of aliphatic carboxylic acids is 1. The second-order valence-corrected chi connectivity index (χ2v) is 6.40. The fraction of sp³-hybridized carbons (Fsp3) is 0.190. The van der Waals surface area contributed by atoms with Gasteiger partial charge in [-0.05, 0) is 43.3 Å². The number of nitrogens with zero attached hydrogens (tertiary/aromatic N) is 4. The van der Waals surface area contributed by atoms with Gasteiger partial charge < -0.3 is 9.84 Å². The first kappa shape index (κ1) is 18.5. The Morgan fingerprint density at radius 2 is 1.86 bits per heavy atom. The van der Waals surface area contributed by atoms with Crippen LogP contribution in [0, 0.1) is 0 Å². The largest absolute Gasteiger partial charge is 0.494 e. The molecule has 2 aromatic carbocycles. The number of para-hydroxylation sites is 1. The quantitative estimate of drug-likeness (QED) is 0.505. The normalized spacial score (nSPS) is 11.1. The van der Waals surface area contributed by atoms with Crippen molar-refractivity contribution in [1.82, 2.24) is 19.6 Å². The van der Waals surface area contributed by atoms with Crippen molar-refractivity contribution in [2.24, 2.45) is 0 Å². The zero-order valence-corrected chi connectivity index (χ0v) is 15.7. The van der Waals surface area contributed by atoms with E-state index in [4.69, 9.17) is 9.84 Å². The van der Waals surface area contributed by atoms with Crippen LogP contribution in [-0.2, 0) is 11.2 Å². The number of benzene rings is 2. The summed E-state index contributed by atoms with van der Waals surface area (Å²) in [6, 6.07) is 14.3. The van der Waals surface area contributed by atoms with Gasteiger partial charge in [-0.25, -0.2) is 4.98 Å². The molecule has 0 saturated carbocycles. The summed E-state index contributed by atoms with van der Waals surface area (Å²) < 4.78 is 6.90. The average Bonchev–Trinajstić information content (AvgIpc) is 2.72. The van der Waals surface area contributed by atoms with Crippen molar-refractivity contribution in [3.8, 4) is 17.0 Å². The van der Waals surface area contributed by atoms with E-state index in [1.54, 1.807) is 30.3 Å². The smallest absolute Gasteiger partial charge is 0.303 e. The van der Waals surface area contributed by atoms with E-state index in [9.17, 15) is 9.59 Å². The highest BCUT2D eigenvalue weighted by Crippen LogP contribution is 2.21. The SMILES string of the molecule is CCOc1ccc(-c2nn3c(CCC(=O)O)nc4ccccc4c3nc2=O)cc1. The van der Waals surface area contributed by atoms with Crippen LogP contribution in [0.4, 0.5) is 0 Å². The molecule has 4 rings (SSSR count). The van der Waals surface area contributed by atoms with E-state index in [1.807, 2.05) is 25.1 Å². The van der Waals surface area contributed by atoms with Gasteiger partial charge in [-0.1, -0.05) is 12.1 Å². The van der Waals surface area contributed by atoms with Crippen LogP contribution in [0.3, 0.4) is 0 Å². The molecule has 0 aliphatic rings. The number of carboxylic acids is 1. The number of carbonyl (C=O) groups is 1. The zero-order valence-electron chi connectivity index (χ0n) is 15.7. The number of carboxylic acid groups (broad SMARTS) is 1. The summed E-state index contributed by atoms with van der Waals surface area (Å²) in [6.07, 6.45) is 0.0591. The van der Waals surface area contributed by atoms with Gasteiger partial charge in [0, 0.05) is 17.4 Å². The lowest BCUT2D eigenvalue weighted by Crippen LogP contribution is -2.19. The van der Waals surface area contributed by atoms with Crippen LogP contribution in [0.2, 0.25) is 0 Å². The molecule has 0 amide bonds. The van der Waals surface area contributed by atoms with Crippen molar-refractivity contribution in [2.75, 3.05) is 6.61 Å². The predicted molar refractivity (Wildman–Crippen MR) is 107 cm³/mol. The maximum atomic E-state index is 12.7. The average molecular weight is 390 g/mol. The van der Waals surface area contributed by atoms with Gasteiger partial charge in [-0.2, -0.15) is 14.6 Å². The molecule has 4 aromatic rings. The minimum atomic E-state index is -0.936. The number of fused-ring (bicyclic) bond motifs is 3. The highest BCUT2D eigenvalue weighted by Gasteiger charge is 2.15. The monoisotopic (exact) mass is 390 g/mol. The van der Waals surface area contributed by atoms with Gasteiger partial charge in [0.05, 0.1) is 18.5 Å². The van der Waals surface area contributed by atoms with Crippen molar-refractivity contribution in [2.45, 2.75) is 19.8 Å². The number of hydrogen-bond acceptors (Lipinski definition) is 6.